The number of rotatable bonds is 7. The summed E-state index contributed by atoms with van der Waals surface area (Å²) in [5.41, 5.74) is 2.42. The molecule has 3 aromatic rings. The van der Waals surface area contributed by atoms with Crippen LogP contribution in [0.15, 0.2) is 77.5 Å². The Balaban J connectivity index is 1.50. The summed E-state index contributed by atoms with van der Waals surface area (Å²) in [6.07, 6.45) is 2.92. The lowest BCUT2D eigenvalue weighted by molar-refractivity contribution is -0.136. The molecule has 0 aliphatic carbocycles. The number of ketones is 1. The van der Waals surface area contributed by atoms with E-state index in [4.69, 9.17) is 4.74 Å². The maximum absolute atomic E-state index is 12.2. The zero-order valence-electron chi connectivity index (χ0n) is 14.8. The van der Waals surface area contributed by atoms with Gasteiger partial charge in [-0.05, 0) is 64.9 Å². The predicted molar refractivity (Wildman–Crippen MR) is 109 cm³/mol. The number of ether oxygens (including phenoxy) is 1. The molecule has 0 atom stereocenters. The topological polar surface area (TPSA) is 72.5 Å². The third kappa shape index (κ3) is 5.49. The molecule has 1 N–H and O–H groups in total. The summed E-state index contributed by atoms with van der Waals surface area (Å²) in [5, 5.41) is 6.56. The highest BCUT2D eigenvalue weighted by atomic mass is 32.1. The van der Waals surface area contributed by atoms with Gasteiger partial charge in [-0.25, -0.2) is 4.79 Å². The van der Waals surface area contributed by atoms with Gasteiger partial charge in [0, 0.05) is 22.9 Å². The lowest BCUT2D eigenvalue weighted by Crippen LogP contribution is -2.13. The van der Waals surface area contributed by atoms with Crippen molar-refractivity contribution in [3.8, 4) is 0 Å². The third-order valence-corrected chi connectivity index (χ3v) is 4.50. The average molecular weight is 391 g/mol. The maximum Gasteiger partial charge on any atom is 0.331 e. The molecule has 1 heterocycles. The average Bonchev–Trinajstić information content (AvgIpc) is 3.25. The van der Waals surface area contributed by atoms with Gasteiger partial charge in [0.25, 0.3) is 5.91 Å². The molecular formula is C22H17NO4S. The summed E-state index contributed by atoms with van der Waals surface area (Å²) < 4.78 is 4.97. The van der Waals surface area contributed by atoms with E-state index in [2.05, 4.69) is 5.32 Å². The van der Waals surface area contributed by atoms with Gasteiger partial charge in [-0.3, -0.25) is 9.59 Å². The fraction of sp³-hybridized carbons (Fsp3) is 0.0455. The fourth-order valence-corrected chi connectivity index (χ4v) is 2.96. The van der Waals surface area contributed by atoms with Crippen LogP contribution in [-0.2, 0) is 9.53 Å². The second-order valence-corrected chi connectivity index (χ2v) is 6.60. The SMILES string of the molecule is O=C(/C=C/c1ccsc1)OCC(=O)c1ccc(NC(=O)c2ccccc2)cc1. The van der Waals surface area contributed by atoms with E-state index < -0.39 is 5.97 Å². The number of carbonyl (C=O) groups is 3. The molecule has 0 aliphatic heterocycles. The molecule has 2 aromatic carbocycles. The summed E-state index contributed by atoms with van der Waals surface area (Å²) in [6.45, 7) is -0.345. The number of Topliss-reactive ketones (excluding diaryl/α,β-unsaturated/α-hetero) is 1. The van der Waals surface area contributed by atoms with Gasteiger partial charge in [-0.1, -0.05) is 18.2 Å². The van der Waals surface area contributed by atoms with E-state index in [0.717, 1.165) is 5.56 Å². The van der Waals surface area contributed by atoms with Crippen LogP contribution in [0.1, 0.15) is 26.3 Å². The van der Waals surface area contributed by atoms with Crippen molar-refractivity contribution >= 4 is 40.8 Å². The Morgan fingerprint density at radius 2 is 1.68 bits per heavy atom. The summed E-state index contributed by atoms with van der Waals surface area (Å²) in [4.78, 5) is 35.9. The molecular weight excluding hydrogens is 374 g/mol. The first-order valence-corrected chi connectivity index (χ1v) is 9.43. The first-order valence-electron chi connectivity index (χ1n) is 8.48. The summed E-state index contributed by atoms with van der Waals surface area (Å²) >= 11 is 1.53. The van der Waals surface area contributed by atoms with Crippen LogP contribution in [0.4, 0.5) is 5.69 Å². The quantitative estimate of drug-likeness (QED) is 0.367. The largest absolute Gasteiger partial charge is 0.454 e. The number of benzene rings is 2. The number of hydrogen-bond acceptors (Lipinski definition) is 5. The van der Waals surface area contributed by atoms with E-state index >= 15 is 0 Å². The standard InChI is InChI=1S/C22H17NO4S/c24-20(14-27-21(25)11-6-16-12-13-28-15-16)17-7-9-19(10-8-17)23-22(26)18-4-2-1-3-5-18/h1-13,15H,14H2,(H,23,26)/b11-6+. The molecule has 0 aliphatic rings. The molecule has 5 nitrogen and oxygen atoms in total. The fourth-order valence-electron chi connectivity index (χ4n) is 2.33. The van der Waals surface area contributed by atoms with Crippen molar-refractivity contribution in [1.29, 1.82) is 0 Å². The van der Waals surface area contributed by atoms with Crippen LogP contribution in [0.5, 0.6) is 0 Å². The van der Waals surface area contributed by atoms with E-state index in [1.54, 1.807) is 54.6 Å². The van der Waals surface area contributed by atoms with Crippen LogP contribution in [0.3, 0.4) is 0 Å². The number of anilines is 1. The van der Waals surface area contributed by atoms with E-state index in [0.29, 0.717) is 16.8 Å². The molecule has 0 radical (unpaired) electrons. The summed E-state index contributed by atoms with van der Waals surface area (Å²) in [6, 6.07) is 17.1. The van der Waals surface area contributed by atoms with E-state index in [9.17, 15) is 14.4 Å². The normalized spacial score (nSPS) is 10.6. The molecule has 1 amide bonds. The van der Waals surface area contributed by atoms with Gasteiger partial charge in [0.15, 0.2) is 12.4 Å². The molecule has 3 rings (SSSR count). The lowest BCUT2D eigenvalue weighted by Gasteiger charge is -2.06. The molecule has 28 heavy (non-hydrogen) atoms. The van der Waals surface area contributed by atoms with Crippen molar-refractivity contribution in [2.75, 3.05) is 11.9 Å². The monoisotopic (exact) mass is 391 g/mol. The number of hydrogen-bond donors (Lipinski definition) is 1. The van der Waals surface area contributed by atoms with Crippen LogP contribution in [0.2, 0.25) is 0 Å². The van der Waals surface area contributed by atoms with Gasteiger partial charge in [-0.15, -0.1) is 0 Å². The Morgan fingerprint density at radius 1 is 0.929 bits per heavy atom. The van der Waals surface area contributed by atoms with Gasteiger partial charge in [0.05, 0.1) is 0 Å². The smallest absolute Gasteiger partial charge is 0.331 e. The van der Waals surface area contributed by atoms with Gasteiger partial charge in [0.1, 0.15) is 0 Å². The Labute approximate surface area is 166 Å². The van der Waals surface area contributed by atoms with Gasteiger partial charge in [-0.2, -0.15) is 11.3 Å². The zero-order chi connectivity index (χ0) is 19.8. The third-order valence-electron chi connectivity index (χ3n) is 3.80. The van der Waals surface area contributed by atoms with Crippen LogP contribution < -0.4 is 5.32 Å². The van der Waals surface area contributed by atoms with Gasteiger partial charge in [0.2, 0.25) is 0 Å². The summed E-state index contributed by atoms with van der Waals surface area (Å²) in [7, 11) is 0. The van der Waals surface area contributed by atoms with Crippen molar-refractivity contribution in [2.24, 2.45) is 0 Å². The minimum absolute atomic E-state index is 0.231. The molecule has 6 heteroatoms. The zero-order valence-corrected chi connectivity index (χ0v) is 15.6. The minimum atomic E-state index is -0.578. The second kappa shape index (κ2) is 9.43. The molecule has 0 saturated carbocycles. The van der Waals surface area contributed by atoms with Gasteiger partial charge < -0.3 is 10.1 Å². The number of thiophene rings is 1. The maximum atomic E-state index is 12.2. The Bertz CT molecular complexity index is 977. The number of amides is 1. The van der Waals surface area contributed by atoms with Crippen LogP contribution in [0.25, 0.3) is 6.08 Å². The molecule has 1 aromatic heterocycles. The number of carbonyl (C=O) groups excluding carboxylic acids is 3. The highest BCUT2D eigenvalue weighted by Gasteiger charge is 2.10. The molecule has 0 bridgehead atoms. The molecule has 0 unspecified atom stereocenters. The lowest BCUT2D eigenvalue weighted by atomic mass is 10.1. The highest BCUT2D eigenvalue weighted by molar-refractivity contribution is 7.08. The predicted octanol–water partition coefficient (Wildman–Crippen LogP) is 4.44. The minimum Gasteiger partial charge on any atom is -0.454 e. The van der Waals surface area contributed by atoms with Crippen LogP contribution in [-0.4, -0.2) is 24.3 Å². The second-order valence-electron chi connectivity index (χ2n) is 5.82. The molecule has 0 saturated heterocycles. The number of nitrogens with one attached hydrogen (secondary N) is 1. The molecule has 0 spiro atoms. The molecule has 140 valence electrons. The van der Waals surface area contributed by atoms with Crippen LogP contribution >= 0.6 is 11.3 Å². The first kappa shape index (κ1) is 19.3. The van der Waals surface area contributed by atoms with E-state index in [-0.39, 0.29) is 18.3 Å². The van der Waals surface area contributed by atoms with Crippen molar-refractivity contribution in [3.63, 3.8) is 0 Å². The Kier molecular flexibility index (Phi) is 6.49. The highest BCUT2D eigenvalue weighted by Crippen LogP contribution is 2.12. The summed E-state index contributed by atoms with van der Waals surface area (Å²) in [5.74, 6) is -1.13. The molecule has 0 fully saturated rings. The number of esters is 1. The van der Waals surface area contributed by atoms with Crippen LogP contribution in [0, 0.1) is 0 Å². The van der Waals surface area contributed by atoms with Crippen molar-refractivity contribution in [3.05, 3.63) is 94.2 Å². The van der Waals surface area contributed by atoms with Crippen molar-refractivity contribution < 1.29 is 19.1 Å². The van der Waals surface area contributed by atoms with Gasteiger partial charge >= 0.3 is 5.97 Å². The van der Waals surface area contributed by atoms with E-state index in [1.165, 1.54) is 17.4 Å². The van der Waals surface area contributed by atoms with Crippen molar-refractivity contribution in [1.82, 2.24) is 0 Å². The van der Waals surface area contributed by atoms with E-state index in [1.807, 2.05) is 22.9 Å². The Morgan fingerprint density at radius 3 is 2.36 bits per heavy atom. The van der Waals surface area contributed by atoms with Crippen molar-refractivity contribution in [2.45, 2.75) is 0 Å². The Hall–Kier alpha value is -3.51. The first-order chi connectivity index (χ1) is 13.6.